The predicted molar refractivity (Wildman–Crippen MR) is 129 cm³/mol. The maximum absolute atomic E-state index is 13.6. The van der Waals surface area contributed by atoms with Crippen molar-refractivity contribution in [3.63, 3.8) is 0 Å². The van der Waals surface area contributed by atoms with Crippen LogP contribution in [-0.4, -0.2) is 52.1 Å². The number of carbonyl (C=O) groups excluding carboxylic acids is 1. The molecule has 7 heteroatoms. The van der Waals surface area contributed by atoms with Crippen LogP contribution in [0.5, 0.6) is 0 Å². The second kappa shape index (κ2) is 9.68. The molecule has 0 saturated carbocycles. The average Bonchev–Trinajstić information content (AvgIpc) is 3.58. The molecule has 0 radical (unpaired) electrons. The summed E-state index contributed by atoms with van der Waals surface area (Å²) < 4.78 is 5.94. The number of hydrogen-bond acceptors (Lipinski definition) is 6. The van der Waals surface area contributed by atoms with Crippen LogP contribution in [0.15, 0.2) is 82.6 Å². The Balaban J connectivity index is 1.27. The summed E-state index contributed by atoms with van der Waals surface area (Å²) in [5.41, 5.74) is 2.05. The maximum atomic E-state index is 13.6. The fourth-order valence-corrected chi connectivity index (χ4v) is 4.98. The Kier molecular flexibility index (Phi) is 6.32. The van der Waals surface area contributed by atoms with E-state index in [1.165, 1.54) is 0 Å². The third-order valence-electron chi connectivity index (χ3n) is 6.22. The van der Waals surface area contributed by atoms with Crippen molar-refractivity contribution in [3.05, 3.63) is 95.2 Å². The van der Waals surface area contributed by atoms with Gasteiger partial charge in [0.25, 0.3) is 5.89 Å². The van der Waals surface area contributed by atoms with Gasteiger partial charge in [0.05, 0.1) is 16.8 Å². The normalized spacial score (nSPS) is 15.6. The Hall–Kier alpha value is -3.29. The van der Waals surface area contributed by atoms with E-state index in [0.29, 0.717) is 24.9 Å². The first-order valence-corrected chi connectivity index (χ1v) is 12.1. The van der Waals surface area contributed by atoms with Crippen LogP contribution in [0.3, 0.4) is 0 Å². The van der Waals surface area contributed by atoms with Gasteiger partial charge in [0.1, 0.15) is 0 Å². The summed E-state index contributed by atoms with van der Waals surface area (Å²) in [4.78, 5) is 18.9. The SMILES string of the molecule is CC(c1nnc(-c2cccs2)o1)N1CCN(C(=O)C(c2ccccc2)c2ccccc2)CC1. The van der Waals surface area contributed by atoms with Crippen molar-refractivity contribution in [3.8, 4) is 10.8 Å². The van der Waals surface area contributed by atoms with Crippen molar-refractivity contribution in [1.82, 2.24) is 20.0 Å². The van der Waals surface area contributed by atoms with Crippen molar-refractivity contribution >= 4 is 17.2 Å². The zero-order valence-corrected chi connectivity index (χ0v) is 19.3. The average molecular weight is 459 g/mol. The quantitative estimate of drug-likeness (QED) is 0.414. The van der Waals surface area contributed by atoms with Crippen LogP contribution in [-0.2, 0) is 4.79 Å². The molecule has 168 valence electrons. The number of amides is 1. The third kappa shape index (κ3) is 4.60. The van der Waals surface area contributed by atoms with Crippen molar-refractivity contribution in [2.24, 2.45) is 0 Å². The molecule has 2 aromatic carbocycles. The summed E-state index contributed by atoms with van der Waals surface area (Å²) in [5, 5.41) is 10.5. The lowest BCUT2D eigenvalue weighted by molar-refractivity contribution is -0.134. The first-order valence-electron chi connectivity index (χ1n) is 11.2. The molecule has 1 aliphatic rings. The molecule has 0 spiro atoms. The first kappa shape index (κ1) is 21.6. The van der Waals surface area contributed by atoms with Crippen molar-refractivity contribution in [1.29, 1.82) is 0 Å². The molecule has 0 aliphatic carbocycles. The number of nitrogens with zero attached hydrogens (tertiary/aromatic N) is 4. The van der Waals surface area contributed by atoms with Gasteiger partial charge in [-0.25, -0.2) is 0 Å². The second-order valence-corrected chi connectivity index (χ2v) is 9.16. The fraction of sp³-hybridized carbons (Fsp3) is 0.269. The van der Waals surface area contributed by atoms with Gasteiger partial charge in [0.15, 0.2) is 0 Å². The predicted octanol–water partition coefficient (Wildman–Crippen LogP) is 4.84. The van der Waals surface area contributed by atoms with E-state index in [-0.39, 0.29) is 17.9 Å². The molecule has 2 aromatic heterocycles. The number of benzene rings is 2. The molecule has 3 heterocycles. The Morgan fingerprint density at radius 1 is 0.879 bits per heavy atom. The molecular formula is C26H26N4O2S. The van der Waals surface area contributed by atoms with E-state index in [9.17, 15) is 4.79 Å². The number of thiophene rings is 1. The Morgan fingerprint density at radius 3 is 2.09 bits per heavy atom. The Labute approximate surface area is 197 Å². The molecule has 1 unspecified atom stereocenters. The lowest BCUT2D eigenvalue weighted by atomic mass is 9.90. The van der Waals surface area contributed by atoms with Gasteiger partial charge in [0, 0.05) is 26.2 Å². The molecule has 1 aliphatic heterocycles. The minimum absolute atomic E-state index is 0.00232. The molecule has 6 nitrogen and oxygen atoms in total. The zero-order valence-electron chi connectivity index (χ0n) is 18.5. The van der Waals surface area contributed by atoms with E-state index >= 15 is 0 Å². The smallest absolute Gasteiger partial charge is 0.257 e. The summed E-state index contributed by atoms with van der Waals surface area (Å²) in [6.07, 6.45) is 0. The number of piperazine rings is 1. The highest BCUT2D eigenvalue weighted by Crippen LogP contribution is 2.30. The van der Waals surface area contributed by atoms with Gasteiger partial charge in [-0.2, -0.15) is 0 Å². The largest absolute Gasteiger partial charge is 0.418 e. The van der Waals surface area contributed by atoms with Crippen molar-refractivity contribution in [2.75, 3.05) is 26.2 Å². The minimum atomic E-state index is -0.291. The maximum Gasteiger partial charge on any atom is 0.257 e. The molecule has 4 aromatic rings. The summed E-state index contributed by atoms with van der Waals surface area (Å²) in [6.45, 7) is 4.95. The highest BCUT2D eigenvalue weighted by molar-refractivity contribution is 7.13. The Bertz CT molecular complexity index is 1130. The lowest BCUT2D eigenvalue weighted by Crippen LogP contribution is -2.50. The number of aromatic nitrogens is 2. The van der Waals surface area contributed by atoms with Crippen LogP contribution in [0.25, 0.3) is 10.8 Å². The first-order chi connectivity index (χ1) is 16.2. The van der Waals surface area contributed by atoms with Gasteiger partial charge in [-0.15, -0.1) is 21.5 Å². The van der Waals surface area contributed by atoms with Crippen LogP contribution in [0, 0.1) is 0 Å². The van der Waals surface area contributed by atoms with E-state index in [1.54, 1.807) is 11.3 Å². The van der Waals surface area contributed by atoms with Gasteiger partial charge in [-0.05, 0) is 29.5 Å². The fourth-order valence-electron chi connectivity index (χ4n) is 4.34. The van der Waals surface area contributed by atoms with Crippen LogP contribution < -0.4 is 0 Å². The topological polar surface area (TPSA) is 62.5 Å². The van der Waals surface area contributed by atoms with Crippen LogP contribution in [0.1, 0.15) is 35.9 Å². The van der Waals surface area contributed by atoms with E-state index < -0.39 is 0 Å². The van der Waals surface area contributed by atoms with Crippen LogP contribution in [0.4, 0.5) is 0 Å². The number of carbonyl (C=O) groups is 1. The monoisotopic (exact) mass is 458 g/mol. The lowest BCUT2D eigenvalue weighted by Gasteiger charge is -2.38. The summed E-state index contributed by atoms with van der Waals surface area (Å²) in [5.74, 6) is 1.04. The van der Waals surface area contributed by atoms with Gasteiger partial charge >= 0.3 is 0 Å². The second-order valence-electron chi connectivity index (χ2n) is 8.21. The van der Waals surface area contributed by atoms with E-state index in [2.05, 4.69) is 22.0 Å². The summed E-state index contributed by atoms with van der Waals surface area (Å²) in [7, 11) is 0. The zero-order chi connectivity index (χ0) is 22.6. The van der Waals surface area contributed by atoms with Gasteiger partial charge in [-0.3, -0.25) is 9.69 Å². The van der Waals surface area contributed by atoms with Gasteiger partial charge in [-0.1, -0.05) is 66.7 Å². The van der Waals surface area contributed by atoms with Crippen LogP contribution >= 0.6 is 11.3 Å². The van der Waals surface area contributed by atoms with Gasteiger partial charge in [0.2, 0.25) is 11.8 Å². The molecule has 1 amide bonds. The summed E-state index contributed by atoms with van der Waals surface area (Å²) >= 11 is 1.59. The van der Waals surface area contributed by atoms with Gasteiger partial charge < -0.3 is 9.32 Å². The highest BCUT2D eigenvalue weighted by atomic mass is 32.1. The number of rotatable bonds is 6. The van der Waals surface area contributed by atoms with Crippen molar-refractivity contribution < 1.29 is 9.21 Å². The molecule has 1 saturated heterocycles. The van der Waals surface area contributed by atoms with Crippen molar-refractivity contribution in [2.45, 2.75) is 18.9 Å². The van der Waals surface area contributed by atoms with E-state index in [4.69, 9.17) is 4.42 Å². The highest BCUT2D eigenvalue weighted by Gasteiger charge is 2.32. The molecule has 0 N–H and O–H groups in total. The molecule has 33 heavy (non-hydrogen) atoms. The number of hydrogen-bond donors (Lipinski definition) is 0. The van der Waals surface area contributed by atoms with Crippen LogP contribution in [0.2, 0.25) is 0 Å². The third-order valence-corrected chi connectivity index (χ3v) is 7.07. The van der Waals surface area contributed by atoms with E-state index in [1.807, 2.05) is 83.1 Å². The molecular weight excluding hydrogens is 432 g/mol. The Morgan fingerprint density at radius 2 is 1.52 bits per heavy atom. The molecule has 0 bridgehead atoms. The minimum Gasteiger partial charge on any atom is -0.418 e. The molecule has 1 fully saturated rings. The molecule has 1 atom stereocenters. The van der Waals surface area contributed by atoms with E-state index in [0.717, 1.165) is 29.1 Å². The standard InChI is InChI=1S/C26H26N4O2S/c1-19(24-27-28-25(32-24)22-13-8-18-33-22)29-14-16-30(17-15-29)26(31)23(20-9-4-2-5-10-20)21-11-6-3-7-12-21/h2-13,18-19,23H,14-17H2,1H3. The molecule has 5 rings (SSSR count). The summed E-state index contributed by atoms with van der Waals surface area (Å²) in [6, 6.07) is 24.0.